The van der Waals surface area contributed by atoms with Crippen LogP contribution < -0.4 is 15.7 Å². The summed E-state index contributed by atoms with van der Waals surface area (Å²) in [5, 5.41) is 3.57. The minimum Gasteiger partial charge on any atom is -0.480 e. The first-order valence-corrected chi connectivity index (χ1v) is 8.74. The van der Waals surface area contributed by atoms with Gasteiger partial charge in [-0.3, -0.25) is 9.78 Å². The highest BCUT2D eigenvalue weighted by Crippen LogP contribution is 2.31. The number of aryl methyl sites for hydroxylation is 2. The van der Waals surface area contributed by atoms with E-state index in [1.54, 1.807) is 32.3 Å². The van der Waals surface area contributed by atoms with E-state index in [9.17, 15) is 9.59 Å². The molecule has 0 aliphatic heterocycles. The Hall–Kier alpha value is -3.15. The smallest absolute Gasteiger partial charge is 0.339 e. The first kappa shape index (κ1) is 18.6. The van der Waals surface area contributed by atoms with Crippen molar-refractivity contribution in [3.05, 3.63) is 69.3 Å². The summed E-state index contributed by atoms with van der Waals surface area (Å²) in [5.41, 5.74) is 3.27. The second kappa shape index (κ2) is 7.61. The van der Waals surface area contributed by atoms with Gasteiger partial charge < -0.3 is 14.5 Å². The van der Waals surface area contributed by atoms with Crippen LogP contribution in [0.25, 0.3) is 11.0 Å². The van der Waals surface area contributed by atoms with Crippen molar-refractivity contribution in [1.29, 1.82) is 0 Å². The van der Waals surface area contributed by atoms with Gasteiger partial charge in [-0.1, -0.05) is 0 Å². The molecule has 3 rings (SSSR count). The van der Waals surface area contributed by atoms with Gasteiger partial charge in [-0.2, -0.15) is 0 Å². The van der Waals surface area contributed by atoms with Gasteiger partial charge in [0, 0.05) is 24.5 Å². The maximum Gasteiger partial charge on any atom is 0.339 e. The minimum absolute atomic E-state index is 0.228. The zero-order valence-electron chi connectivity index (χ0n) is 15.8. The van der Waals surface area contributed by atoms with E-state index >= 15 is 0 Å². The van der Waals surface area contributed by atoms with Crippen LogP contribution in [0.15, 0.2) is 45.9 Å². The third-order valence-electron chi connectivity index (χ3n) is 4.55. The summed E-state index contributed by atoms with van der Waals surface area (Å²) in [4.78, 5) is 28.3. The van der Waals surface area contributed by atoms with Crippen molar-refractivity contribution >= 4 is 16.9 Å². The second-order valence-corrected chi connectivity index (χ2v) is 6.61. The molecule has 6 heteroatoms. The van der Waals surface area contributed by atoms with Gasteiger partial charge in [-0.25, -0.2) is 4.79 Å². The fourth-order valence-electron chi connectivity index (χ4n) is 2.86. The number of ether oxygens (including phenoxy) is 1. The highest BCUT2D eigenvalue weighted by molar-refractivity contribution is 5.89. The molecule has 0 saturated carbocycles. The molecule has 140 valence electrons. The van der Waals surface area contributed by atoms with Crippen LogP contribution in [0.4, 0.5) is 0 Å². The molecule has 3 aromatic rings. The average molecular weight is 366 g/mol. The van der Waals surface area contributed by atoms with Gasteiger partial charge in [0.1, 0.15) is 11.3 Å². The summed E-state index contributed by atoms with van der Waals surface area (Å²) in [5.74, 6) is 0.300. The molecule has 0 aliphatic rings. The topological polar surface area (TPSA) is 81.4 Å². The summed E-state index contributed by atoms with van der Waals surface area (Å²) in [6, 6.07) is 7.33. The minimum atomic E-state index is -0.705. The first-order valence-electron chi connectivity index (χ1n) is 8.74. The average Bonchev–Trinajstić information content (AvgIpc) is 2.64. The van der Waals surface area contributed by atoms with Crippen molar-refractivity contribution < 1.29 is 13.9 Å². The molecule has 0 radical (unpaired) electrons. The number of carbonyl (C=O) groups is 1. The Morgan fingerprint density at radius 2 is 1.89 bits per heavy atom. The standard InChI is InChI=1S/C21H22N2O4/c1-12-9-17(19-13(2)14(3)21(25)27-18(19)10-12)26-15(4)20(24)23-11-16-5-7-22-8-6-16/h5-10,15H,11H2,1-4H3,(H,23,24)/t15-/m0/s1. The van der Waals surface area contributed by atoms with E-state index < -0.39 is 6.10 Å². The largest absolute Gasteiger partial charge is 0.480 e. The van der Waals surface area contributed by atoms with Crippen LogP contribution in [-0.2, 0) is 11.3 Å². The van der Waals surface area contributed by atoms with E-state index in [0.717, 1.165) is 16.7 Å². The Labute approximate surface area is 157 Å². The number of carbonyl (C=O) groups excluding carboxylic acids is 1. The molecule has 0 unspecified atom stereocenters. The van der Waals surface area contributed by atoms with Crippen molar-refractivity contribution in [3.63, 3.8) is 0 Å². The SMILES string of the molecule is Cc1cc(O[C@@H](C)C(=O)NCc2ccncc2)c2c(C)c(C)c(=O)oc2c1. The van der Waals surface area contributed by atoms with Crippen LogP contribution in [-0.4, -0.2) is 17.0 Å². The summed E-state index contributed by atoms with van der Waals surface area (Å²) in [6.45, 7) is 7.55. The summed E-state index contributed by atoms with van der Waals surface area (Å²) in [6.07, 6.45) is 2.65. The van der Waals surface area contributed by atoms with Crippen LogP contribution in [0, 0.1) is 20.8 Å². The van der Waals surface area contributed by atoms with Gasteiger partial charge in [0.25, 0.3) is 5.91 Å². The molecule has 27 heavy (non-hydrogen) atoms. The molecule has 2 aromatic heterocycles. The summed E-state index contributed by atoms with van der Waals surface area (Å²) < 4.78 is 11.3. The number of rotatable bonds is 5. The van der Waals surface area contributed by atoms with Crippen molar-refractivity contribution in [2.75, 3.05) is 0 Å². The highest BCUT2D eigenvalue weighted by Gasteiger charge is 2.19. The van der Waals surface area contributed by atoms with E-state index in [2.05, 4.69) is 10.3 Å². The molecule has 2 heterocycles. The number of nitrogens with one attached hydrogen (secondary N) is 1. The van der Waals surface area contributed by atoms with Crippen molar-refractivity contribution in [2.45, 2.75) is 40.3 Å². The zero-order chi connectivity index (χ0) is 19.6. The predicted octanol–water partition coefficient (Wildman–Crippen LogP) is 3.20. The van der Waals surface area contributed by atoms with E-state index in [1.807, 2.05) is 32.0 Å². The number of amides is 1. The number of benzene rings is 1. The third kappa shape index (κ3) is 4.00. The quantitative estimate of drug-likeness (QED) is 0.701. The van der Waals surface area contributed by atoms with E-state index in [1.165, 1.54) is 0 Å². The fraction of sp³-hybridized carbons (Fsp3) is 0.286. The second-order valence-electron chi connectivity index (χ2n) is 6.61. The molecule has 0 spiro atoms. The first-order chi connectivity index (χ1) is 12.9. The maximum atomic E-state index is 12.4. The summed E-state index contributed by atoms with van der Waals surface area (Å²) >= 11 is 0. The third-order valence-corrected chi connectivity index (χ3v) is 4.55. The molecule has 1 amide bonds. The number of hydrogen-bond acceptors (Lipinski definition) is 5. The molecule has 0 bridgehead atoms. The lowest BCUT2D eigenvalue weighted by Crippen LogP contribution is -2.36. The van der Waals surface area contributed by atoms with Gasteiger partial charge in [0.15, 0.2) is 6.10 Å². The Morgan fingerprint density at radius 1 is 1.19 bits per heavy atom. The molecular formula is C21H22N2O4. The van der Waals surface area contributed by atoms with Crippen LogP contribution in [0.3, 0.4) is 0 Å². The van der Waals surface area contributed by atoms with Crippen LogP contribution >= 0.6 is 0 Å². The van der Waals surface area contributed by atoms with Crippen molar-refractivity contribution in [1.82, 2.24) is 10.3 Å². The van der Waals surface area contributed by atoms with Crippen LogP contribution in [0.1, 0.15) is 29.2 Å². The van der Waals surface area contributed by atoms with Gasteiger partial charge in [0.05, 0.1) is 5.39 Å². The summed E-state index contributed by atoms with van der Waals surface area (Å²) in [7, 11) is 0. The number of aromatic nitrogens is 1. The zero-order valence-corrected chi connectivity index (χ0v) is 15.8. The van der Waals surface area contributed by atoms with Crippen molar-refractivity contribution in [3.8, 4) is 5.75 Å². The van der Waals surface area contributed by atoms with Crippen LogP contribution in [0.5, 0.6) is 5.75 Å². The molecular weight excluding hydrogens is 344 g/mol. The molecule has 6 nitrogen and oxygen atoms in total. The lowest BCUT2D eigenvalue weighted by Gasteiger charge is -2.18. The van der Waals surface area contributed by atoms with E-state index in [0.29, 0.717) is 28.8 Å². The lowest BCUT2D eigenvalue weighted by atomic mass is 10.0. The van der Waals surface area contributed by atoms with Gasteiger partial charge in [0.2, 0.25) is 0 Å². The van der Waals surface area contributed by atoms with Gasteiger partial charge in [-0.05, 0) is 68.7 Å². The normalized spacial score (nSPS) is 12.0. The molecule has 0 aliphatic carbocycles. The molecule has 0 fully saturated rings. The van der Waals surface area contributed by atoms with Gasteiger partial charge >= 0.3 is 5.63 Å². The number of pyridine rings is 1. The van der Waals surface area contributed by atoms with Gasteiger partial charge in [-0.15, -0.1) is 0 Å². The maximum absolute atomic E-state index is 12.4. The predicted molar refractivity (Wildman–Crippen MR) is 103 cm³/mol. The lowest BCUT2D eigenvalue weighted by molar-refractivity contribution is -0.127. The Morgan fingerprint density at radius 3 is 2.59 bits per heavy atom. The Bertz CT molecular complexity index is 1040. The molecule has 1 aromatic carbocycles. The molecule has 1 atom stereocenters. The fourth-order valence-corrected chi connectivity index (χ4v) is 2.86. The number of hydrogen-bond donors (Lipinski definition) is 1. The Balaban J connectivity index is 1.84. The van der Waals surface area contributed by atoms with E-state index in [-0.39, 0.29) is 11.5 Å². The Kier molecular flexibility index (Phi) is 5.26. The number of nitrogens with zero attached hydrogens (tertiary/aromatic N) is 1. The van der Waals surface area contributed by atoms with E-state index in [4.69, 9.17) is 9.15 Å². The molecule has 0 saturated heterocycles. The van der Waals surface area contributed by atoms with Crippen molar-refractivity contribution in [2.24, 2.45) is 0 Å². The number of fused-ring (bicyclic) bond motifs is 1. The van der Waals surface area contributed by atoms with Crippen LogP contribution in [0.2, 0.25) is 0 Å². The highest BCUT2D eigenvalue weighted by atomic mass is 16.5. The monoisotopic (exact) mass is 366 g/mol. The molecule has 1 N–H and O–H groups in total.